The summed E-state index contributed by atoms with van der Waals surface area (Å²) in [5, 5.41) is 5.38. The lowest BCUT2D eigenvalue weighted by Gasteiger charge is -2.14. The molecular weight excluding hydrogens is 354 g/mol. The van der Waals surface area contributed by atoms with Gasteiger partial charge >= 0.3 is 0 Å². The van der Waals surface area contributed by atoms with Gasteiger partial charge in [-0.25, -0.2) is 9.97 Å². The predicted molar refractivity (Wildman–Crippen MR) is 109 cm³/mol. The maximum absolute atomic E-state index is 12.2. The Balaban J connectivity index is 1.54. The van der Waals surface area contributed by atoms with Gasteiger partial charge in [0.15, 0.2) is 11.6 Å². The van der Waals surface area contributed by atoms with Crippen molar-refractivity contribution in [1.82, 2.24) is 20.4 Å². The summed E-state index contributed by atoms with van der Waals surface area (Å²) in [6.45, 7) is 0. The molecule has 0 radical (unpaired) electrons. The molecule has 0 aliphatic rings. The zero-order chi connectivity index (χ0) is 19.3. The van der Waals surface area contributed by atoms with Crippen LogP contribution in [0.2, 0.25) is 0 Å². The van der Waals surface area contributed by atoms with Crippen LogP contribution in [0.3, 0.4) is 0 Å². The van der Waals surface area contributed by atoms with Gasteiger partial charge in [0, 0.05) is 29.0 Å². The lowest BCUT2D eigenvalue weighted by Crippen LogP contribution is -2.30. The lowest BCUT2D eigenvalue weighted by molar-refractivity contribution is 0.0962. The molecule has 0 aliphatic heterocycles. The van der Waals surface area contributed by atoms with Crippen LogP contribution in [0.25, 0.3) is 10.8 Å². The van der Waals surface area contributed by atoms with E-state index in [4.69, 9.17) is 5.73 Å². The fourth-order valence-corrected chi connectivity index (χ4v) is 2.75. The van der Waals surface area contributed by atoms with E-state index in [9.17, 15) is 4.79 Å². The Morgan fingerprint density at radius 2 is 1.64 bits per heavy atom. The zero-order valence-corrected chi connectivity index (χ0v) is 14.8. The molecular formula is C20H17N7O. The number of hydrogen-bond acceptors (Lipinski definition) is 7. The average Bonchev–Trinajstić information content (AvgIpc) is 2.75. The van der Waals surface area contributed by atoms with E-state index in [-0.39, 0.29) is 11.6 Å². The van der Waals surface area contributed by atoms with Crippen molar-refractivity contribution in [2.24, 2.45) is 0 Å². The molecule has 0 aliphatic carbocycles. The molecule has 5 N–H and O–H groups in total. The van der Waals surface area contributed by atoms with Gasteiger partial charge in [0.2, 0.25) is 0 Å². The minimum atomic E-state index is -0.330. The molecule has 0 saturated heterocycles. The van der Waals surface area contributed by atoms with Gasteiger partial charge in [-0.05, 0) is 23.6 Å². The average molecular weight is 371 g/mol. The van der Waals surface area contributed by atoms with Gasteiger partial charge in [0.25, 0.3) is 5.91 Å². The number of amides is 1. The molecule has 0 atom stereocenters. The fraction of sp³-hybridized carbons (Fsp3) is 0. The summed E-state index contributed by atoms with van der Waals surface area (Å²) in [6.07, 6.45) is 4.45. The summed E-state index contributed by atoms with van der Waals surface area (Å²) in [5.74, 6) is 0.399. The number of nitrogen functional groups attached to an aromatic ring is 1. The largest absolute Gasteiger partial charge is 0.393 e. The highest BCUT2D eigenvalue weighted by atomic mass is 16.2. The molecule has 4 rings (SSSR count). The smallest absolute Gasteiger partial charge is 0.269 e. The van der Waals surface area contributed by atoms with Crippen molar-refractivity contribution in [2.75, 3.05) is 16.5 Å². The number of pyridine rings is 1. The summed E-state index contributed by atoms with van der Waals surface area (Å²) in [7, 11) is 0. The number of nitrogens with two attached hydrogens (primary N) is 1. The van der Waals surface area contributed by atoms with E-state index in [1.165, 1.54) is 6.33 Å². The second-order valence-corrected chi connectivity index (χ2v) is 5.95. The number of aromatic nitrogens is 3. The van der Waals surface area contributed by atoms with Crippen LogP contribution < -0.4 is 21.9 Å². The maximum atomic E-state index is 12.2. The Kier molecular flexibility index (Phi) is 4.67. The first-order valence-electron chi connectivity index (χ1n) is 8.54. The van der Waals surface area contributed by atoms with Gasteiger partial charge in [0.1, 0.15) is 12.0 Å². The van der Waals surface area contributed by atoms with Crippen molar-refractivity contribution >= 4 is 39.7 Å². The number of hydrazine groups is 1. The summed E-state index contributed by atoms with van der Waals surface area (Å²) in [4.78, 5) is 24.3. The van der Waals surface area contributed by atoms with Crippen LogP contribution in [-0.2, 0) is 0 Å². The highest BCUT2D eigenvalue weighted by molar-refractivity contribution is 5.97. The van der Waals surface area contributed by atoms with Gasteiger partial charge in [-0.3, -0.25) is 20.6 Å². The topological polar surface area (TPSA) is 118 Å². The molecule has 4 aromatic rings. The highest BCUT2D eigenvalue weighted by Crippen LogP contribution is 2.29. The molecule has 28 heavy (non-hydrogen) atoms. The summed E-state index contributed by atoms with van der Waals surface area (Å²) >= 11 is 0. The van der Waals surface area contributed by atoms with Crippen molar-refractivity contribution < 1.29 is 4.79 Å². The number of nitrogens with one attached hydrogen (secondary N) is 3. The number of benzene rings is 2. The first-order valence-corrected chi connectivity index (χ1v) is 8.54. The van der Waals surface area contributed by atoms with Gasteiger partial charge in [-0.1, -0.05) is 36.4 Å². The van der Waals surface area contributed by atoms with Crippen LogP contribution in [0.15, 0.2) is 73.3 Å². The number of fused-ring (bicyclic) bond motifs is 1. The van der Waals surface area contributed by atoms with Crippen molar-refractivity contribution in [2.45, 2.75) is 0 Å². The molecule has 0 saturated carbocycles. The third-order valence-corrected chi connectivity index (χ3v) is 4.16. The van der Waals surface area contributed by atoms with Gasteiger partial charge in [-0.2, -0.15) is 0 Å². The molecule has 2 aromatic heterocycles. The molecule has 1 amide bonds. The van der Waals surface area contributed by atoms with E-state index < -0.39 is 0 Å². The van der Waals surface area contributed by atoms with Crippen LogP contribution in [0.5, 0.6) is 0 Å². The first kappa shape index (κ1) is 17.2. The van der Waals surface area contributed by atoms with Crippen LogP contribution in [0.4, 0.5) is 23.0 Å². The molecule has 0 fully saturated rings. The van der Waals surface area contributed by atoms with Gasteiger partial charge in [-0.15, -0.1) is 0 Å². The normalized spacial score (nSPS) is 10.4. The monoisotopic (exact) mass is 371 g/mol. The number of nitrogens with zero attached hydrogens (tertiary/aromatic N) is 3. The Bertz CT molecular complexity index is 1130. The highest BCUT2D eigenvalue weighted by Gasteiger charge is 2.11. The van der Waals surface area contributed by atoms with E-state index in [0.29, 0.717) is 17.2 Å². The minimum absolute atomic E-state index is 0.283. The molecule has 2 heterocycles. The third-order valence-electron chi connectivity index (χ3n) is 4.16. The van der Waals surface area contributed by atoms with Crippen molar-refractivity contribution in [3.63, 3.8) is 0 Å². The lowest BCUT2D eigenvalue weighted by atomic mass is 10.1. The quantitative estimate of drug-likeness (QED) is 0.398. The SMILES string of the molecule is Nc1c(NNC(=O)c2ccncc2)ncnc1Nc1cccc2ccccc12. The van der Waals surface area contributed by atoms with E-state index >= 15 is 0 Å². The number of anilines is 4. The maximum Gasteiger partial charge on any atom is 0.269 e. The summed E-state index contributed by atoms with van der Waals surface area (Å²) < 4.78 is 0. The van der Waals surface area contributed by atoms with Crippen molar-refractivity contribution in [3.05, 3.63) is 78.9 Å². The Morgan fingerprint density at radius 3 is 2.50 bits per heavy atom. The zero-order valence-electron chi connectivity index (χ0n) is 14.8. The first-order chi connectivity index (χ1) is 13.7. The van der Waals surface area contributed by atoms with Crippen LogP contribution in [-0.4, -0.2) is 20.9 Å². The van der Waals surface area contributed by atoms with Gasteiger partial charge < -0.3 is 11.1 Å². The molecule has 0 unspecified atom stereocenters. The van der Waals surface area contributed by atoms with Crippen LogP contribution >= 0.6 is 0 Å². The standard InChI is InChI=1S/C20H17N7O/c21-17-18(25-16-7-3-5-13-4-1-2-6-15(13)16)23-12-24-19(17)26-27-20(28)14-8-10-22-11-9-14/h1-12H,21H2,(H,27,28)(H2,23,24,25,26). The van der Waals surface area contributed by atoms with E-state index in [1.54, 1.807) is 24.5 Å². The van der Waals surface area contributed by atoms with Crippen LogP contribution in [0, 0.1) is 0 Å². The number of hydrogen-bond donors (Lipinski definition) is 4. The molecule has 0 spiro atoms. The Labute approximate surface area is 160 Å². The Hall–Kier alpha value is -4.20. The number of carbonyl (C=O) groups is 1. The number of rotatable bonds is 5. The van der Waals surface area contributed by atoms with E-state index in [1.807, 2.05) is 42.5 Å². The molecule has 2 aromatic carbocycles. The summed E-state index contributed by atoms with van der Waals surface area (Å²) in [5.41, 5.74) is 13.1. The third kappa shape index (κ3) is 3.51. The van der Waals surface area contributed by atoms with Crippen molar-refractivity contribution in [1.29, 1.82) is 0 Å². The van der Waals surface area contributed by atoms with E-state index in [0.717, 1.165) is 16.5 Å². The molecule has 0 bridgehead atoms. The predicted octanol–water partition coefficient (Wildman–Crippen LogP) is 3.11. The fourth-order valence-electron chi connectivity index (χ4n) is 2.75. The second-order valence-electron chi connectivity index (χ2n) is 5.95. The van der Waals surface area contributed by atoms with E-state index in [2.05, 4.69) is 31.1 Å². The summed E-state index contributed by atoms with van der Waals surface area (Å²) in [6, 6.07) is 17.2. The van der Waals surface area contributed by atoms with Crippen LogP contribution in [0.1, 0.15) is 10.4 Å². The number of carbonyl (C=O) groups excluding carboxylic acids is 1. The van der Waals surface area contributed by atoms with Gasteiger partial charge in [0.05, 0.1) is 0 Å². The molecule has 8 nitrogen and oxygen atoms in total. The second kappa shape index (κ2) is 7.58. The minimum Gasteiger partial charge on any atom is -0.393 e. The Morgan fingerprint density at radius 1 is 0.893 bits per heavy atom. The molecule has 8 heteroatoms. The van der Waals surface area contributed by atoms with Crippen molar-refractivity contribution in [3.8, 4) is 0 Å². The molecule has 138 valence electrons.